The number of benzene rings is 4. The van der Waals surface area contributed by atoms with E-state index in [2.05, 4.69) is 0 Å². The molecule has 1 heterocycles. The molecular weight excluding hydrogens is 554 g/mol. The number of methoxy groups -OCH3 is 1. The minimum atomic E-state index is -1.00. The lowest BCUT2D eigenvalue weighted by atomic mass is 9.91. The highest BCUT2D eigenvalue weighted by atomic mass is 35.5. The number of ether oxygens (including phenoxy) is 4. The average Bonchev–Trinajstić information content (AvgIpc) is 3.03. The third-order valence-electron chi connectivity index (χ3n) is 7.12. The van der Waals surface area contributed by atoms with Crippen molar-refractivity contribution in [1.29, 1.82) is 0 Å². The van der Waals surface area contributed by atoms with Crippen molar-refractivity contribution in [3.05, 3.63) is 124 Å². The van der Waals surface area contributed by atoms with E-state index in [0.717, 1.165) is 16.7 Å². The highest BCUT2D eigenvalue weighted by Crippen LogP contribution is 2.40. The van der Waals surface area contributed by atoms with Crippen molar-refractivity contribution in [2.45, 2.75) is 38.6 Å². The molecule has 216 valence electrons. The molecule has 0 aliphatic carbocycles. The molecule has 0 bridgehead atoms. The normalized spacial score (nSPS) is 14.8. The van der Waals surface area contributed by atoms with Crippen LogP contribution in [0.3, 0.4) is 0 Å². The van der Waals surface area contributed by atoms with Crippen LogP contribution in [0.2, 0.25) is 5.02 Å². The van der Waals surface area contributed by atoms with Gasteiger partial charge in [0.05, 0.1) is 13.7 Å². The van der Waals surface area contributed by atoms with Crippen LogP contribution in [0.1, 0.15) is 35.3 Å². The van der Waals surface area contributed by atoms with Crippen molar-refractivity contribution in [1.82, 2.24) is 4.90 Å². The summed E-state index contributed by atoms with van der Waals surface area (Å²) < 4.78 is 23.6. The summed E-state index contributed by atoms with van der Waals surface area (Å²) in [6.45, 7) is 2.42. The van der Waals surface area contributed by atoms with Crippen molar-refractivity contribution in [3.63, 3.8) is 0 Å². The molecule has 0 unspecified atom stereocenters. The number of carbonyl (C=O) groups is 2. The first kappa shape index (κ1) is 29.0. The van der Waals surface area contributed by atoms with E-state index in [4.69, 9.17) is 30.5 Å². The molecule has 0 fully saturated rings. The zero-order valence-corrected chi connectivity index (χ0v) is 24.3. The number of rotatable bonds is 10. The van der Waals surface area contributed by atoms with Gasteiger partial charge in [0, 0.05) is 29.1 Å². The summed E-state index contributed by atoms with van der Waals surface area (Å²) in [5, 5.41) is 0.556. The standard InChI is InChI=1S/C34H32ClNO6/c1-3-40-34(38)29-20-28-25(14-19-30(39-2)32(28)41-22-23-10-6-4-7-11-23)21-36(29)33(37)31(24-12-8-5-9-13-24)42-27-17-15-26(35)16-18-27/h4-19,29,31H,3,20-22H2,1-2H3/t29-,31-/m0/s1. The van der Waals surface area contributed by atoms with Gasteiger partial charge >= 0.3 is 5.97 Å². The summed E-state index contributed by atoms with van der Waals surface area (Å²) in [6.07, 6.45) is -0.804. The number of carbonyl (C=O) groups excluding carboxylic acids is 2. The Bertz CT molecular complexity index is 1510. The maximum Gasteiger partial charge on any atom is 0.329 e. The average molecular weight is 586 g/mol. The first-order valence-corrected chi connectivity index (χ1v) is 14.2. The minimum absolute atomic E-state index is 0.163. The van der Waals surface area contributed by atoms with E-state index in [1.165, 1.54) is 0 Å². The zero-order chi connectivity index (χ0) is 29.5. The second-order valence-electron chi connectivity index (χ2n) is 9.81. The molecule has 5 rings (SSSR count). The molecule has 42 heavy (non-hydrogen) atoms. The summed E-state index contributed by atoms with van der Waals surface area (Å²) in [4.78, 5) is 29.3. The summed E-state index contributed by atoms with van der Waals surface area (Å²) >= 11 is 6.07. The number of hydrogen-bond acceptors (Lipinski definition) is 6. The summed E-state index contributed by atoms with van der Waals surface area (Å²) in [5.41, 5.74) is 3.32. The molecule has 0 saturated carbocycles. The lowest BCUT2D eigenvalue weighted by Crippen LogP contribution is -2.51. The Hall–Kier alpha value is -4.49. The van der Waals surface area contributed by atoms with Crippen molar-refractivity contribution in [2.24, 2.45) is 0 Å². The molecule has 4 aromatic rings. The van der Waals surface area contributed by atoms with E-state index < -0.39 is 18.1 Å². The van der Waals surface area contributed by atoms with E-state index >= 15 is 0 Å². The van der Waals surface area contributed by atoms with Gasteiger partial charge in [0.25, 0.3) is 5.91 Å². The van der Waals surface area contributed by atoms with Crippen molar-refractivity contribution in [3.8, 4) is 17.2 Å². The van der Waals surface area contributed by atoms with Crippen LogP contribution >= 0.6 is 11.6 Å². The van der Waals surface area contributed by atoms with E-state index in [1.54, 1.807) is 43.2 Å². The number of fused-ring (bicyclic) bond motifs is 1. The van der Waals surface area contributed by atoms with Gasteiger partial charge in [-0.1, -0.05) is 78.3 Å². The van der Waals surface area contributed by atoms with Gasteiger partial charge in [-0.3, -0.25) is 4.79 Å². The second-order valence-corrected chi connectivity index (χ2v) is 10.2. The fourth-order valence-electron chi connectivity index (χ4n) is 5.03. The van der Waals surface area contributed by atoms with Crippen molar-refractivity contribution < 1.29 is 28.5 Å². The largest absolute Gasteiger partial charge is 0.493 e. The van der Waals surface area contributed by atoms with E-state index in [1.807, 2.05) is 72.8 Å². The molecule has 8 heteroatoms. The van der Waals surface area contributed by atoms with E-state index in [9.17, 15) is 9.59 Å². The van der Waals surface area contributed by atoms with Crippen LogP contribution in [0, 0.1) is 0 Å². The molecule has 4 aromatic carbocycles. The second kappa shape index (κ2) is 13.4. The van der Waals surface area contributed by atoms with Crippen LogP contribution in [0.4, 0.5) is 0 Å². The molecular formula is C34H32ClNO6. The van der Waals surface area contributed by atoms with Gasteiger partial charge < -0.3 is 23.8 Å². The lowest BCUT2D eigenvalue weighted by molar-refractivity contribution is -0.158. The first-order valence-electron chi connectivity index (χ1n) is 13.8. The fourth-order valence-corrected chi connectivity index (χ4v) is 5.16. The molecule has 0 spiro atoms. The predicted octanol–water partition coefficient (Wildman–Crippen LogP) is 6.56. The van der Waals surface area contributed by atoms with Crippen LogP contribution in [-0.4, -0.2) is 36.5 Å². The molecule has 0 N–H and O–H groups in total. The van der Waals surface area contributed by atoms with Gasteiger partial charge in [-0.15, -0.1) is 0 Å². The molecule has 1 amide bonds. The van der Waals surface area contributed by atoms with Crippen LogP contribution in [0.5, 0.6) is 17.2 Å². The predicted molar refractivity (Wildman–Crippen MR) is 160 cm³/mol. The van der Waals surface area contributed by atoms with Gasteiger partial charge in [0.2, 0.25) is 6.10 Å². The Morgan fingerprint density at radius 1 is 0.929 bits per heavy atom. The van der Waals surface area contributed by atoms with Gasteiger partial charge in [-0.25, -0.2) is 4.79 Å². The third-order valence-corrected chi connectivity index (χ3v) is 7.37. The molecule has 7 nitrogen and oxygen atoms in total. The Morgan fingerprint density at radius 2 is 1.62 bits per heavy atom. The number of amides is 1. The SMILES string of the molecule is CCOC(=O)[C@@H]1Cc2c(ccc(OC)c2OCc2ccccc2)CN1C(=O)[C@@H](Oc1ccc(Cl)cc1)c1ccccc1. The lowest BCUT2D eigenvalue weighted by Gasteiger charge is -2.38. The molecule has 1 aliphatic rings. The Balaban J connectivity index is 1.51. The van der Waals surface area contributed by atoms with Crippen LogP contribution < -0.4 is 14.2 Å². The highest BCUT2D eigenvalue weighted by Gasteiger charge is 2.41. The van der Waals surface area contributed by atoms with E-state index in [-0.39, 0.29) is 25.5 Å². The first-order chi connectivity index (χ1) is 20.5. The summed E-state index contributed by atoms with van der Waals surface area (Å²) in [5.74, 6) is 0.736. The molecule has 0 aromatic heterocycles. The number of nitrogens with zero attached hydrogens (tertiary/aromatic N) is 1. The van der Waals surface area contributed by atoms with Gasteiger partial charge in [0.15, 0.2) is 11.5 Å². The van der Waals surface area contributed by atoms with Crippen molar-refractivity contribution >= 4 is 23.5 Å². The third kappa shape index (κ3) is 6.52. The van der Waals surface area contributed by atoms with Gasteiger partial charge in [0.1, 0.15) is 18.4 Å². The number of halogens is 1. The summed E-state index contributed by atoms with van der Waals surface area (Å²) in [7, 11) is 1.58. The minimum Gasteiger partial charge on any atom is -0.493 e. The Kier molecular flexibility index (Phi) is 9.29. The Labute approximate surface area is 250 Å². The molecule has 1 aliphatic heterocycles. The highest BCUT2D eigenvalue weighted by molar-refractivity contribution is 6.30. The smallest absolute Gasteiger partial charge is 0.329 e. The fraction of sp³-hybridized carbons (Fsp3) is 0.235. The van der Waals surface area contributed by atoms with Crippen LogP contribution in [-0.2, 0) is 33.9 Å². The zero-order valence-electron chi connectivity index (χ0n) is 23.5. The van der Waals surface area contributed by atoms with Crippen LogP contribution in [0.25, 0.3) is 0 Å². The maximum atomic E-state index is 14.3. The van der Waals surface area contributed by atoms with Gasteiger partial charge in [-0.2, -0.15) is 0 Å². The molecule has 0 radical (unpaired) electrons. The molecule has 0 saturated heterocycles. The topological polar surface area (TPSA) is 74.3 Å². The maximum absolute atomic E-state index is 14.3. The molecule has 2 atom stereocenters. The van der Waals surface area contributed by atoms with Crippen LogP contribution in [0.15, 0.2) is 97.1 Å². The number of esters is 1. The van der Waals surface area contributed by atoms with Crippen molar-refractivity contribution in [2.75, 3.05) is 13.7 Å². The number of hydrogen-bond donors (Lipinski definition) is 0. The monoisotopic (exact) mass is 585 g/mol. The quantitative estimate of drug-likeness (QED) is 0.196. The Morgan fingerprint density at radius 3 is 2.29 bits per heavy atom. The summed E-state index contributed by atoms with van der Waals surface area (Å²) in [6, 6.07) is 28.7. The van der Waals surface area contributed by atoms with E-state index in [0.29, 0.717) is 34.4 Å². The van der Waals surface area contributed by atoms with Gasteiger partial charge in [-0.05, 0) is 48.4 Å².